The summed E-state index contributed by atoms with van der Waals surface area (Å²) in [6.45, 7) is 23.8. The molecule has 7 heteroatoms. The van der Waals surface area contributed by atoms with E-state index < -0.39 is 0 Å². The van der Waals surface area contributed by atoms with Crippen LogP contribution < -0.4 is 4.90 Å². The molecule has 0 aromatic heterocycles. The fourth-order valence-corrected chi connectivity index (χ4v) is 6.91. The van der Waals surface area contributed by atoms with Gasteiger partial charge in [-0.15, -0.1) is 0 Å². The van der Waals surface area contributed by atoms with Gasteiger partial charge in [-0.1, -0.05) is 130 Å². The van der Waals surface area contributed by atoms with E-state index >= 15 is 0 Å². The van der Waals surface area contributed by atoms with Crippen molar-refractivity contribution in [2.75, 3.05) is 45.5 Å². The molecule has 0 spiro atoms. The van der Waals surface area contributed by atoms with Crippen LogP contribution in [0.3, 0.4) is 0 Å². The average molecular weight is 663 g/mol. The third-order valence-corrected chi connectivity index (χ3v) is 9.87. The van der Waals surface area contributed by atoms with Gasteiger partial charge in [0.15, 0.2) is 0 Å². The molecule has 0 aromatic carbocycles. The number of aliphatic imine (C=N–C) groups is 2. The summed E-state index contributed by atoms with van der Waals surface area (Å²) in [6, 6.07) is -0.262. The number of nitrogens with one attached hydrogen (secondary N) is 1. The van der Waals surface area contributed by atoms with Crippen LogP contribution in [0.4, 0.5) is 4.79 Å². The average Bonchev–Trinajstić information content (AvgIpc) is 3.21. The number of carbonyl (C=O) groups is 1. The highest BCUT2D eigenvalue weighted by Gasteiger charge is 2.18. The minimum absolute atomic E-state index is 0.262. The number of unbranched alkanes of at least 4 members (excludes halogenated alkanes) is 13. The molecule has 2 amide bonds. The van der Waals surface area contributed by atoms with Crippen LogP contribution in [0.1, 0.15) is 151 Å². The van der Waals surface area contributed by atoms with Crippen molar-refractivity contribution in [3.8, 4) is 0 Å². The second-order valence-corrected chi connectivity index (χ2v) is 14.1. The van der Waals surface area contributed by atoms with Crippen LogP contribution in [0.2, 0.25) is 0 Å². The molecule has 0 saturated heterocycles. The summed E-state index contributed by atoms with van der Waals surface area (Å²) in [7, 11) is 2.23. The molecule has 0 aromatic rings. The van der Waals surface area contributed by atoms with Crippen molar-refractivity contribution in [2.45, 2.75) is 151 Å². The van der Waals surface area contributed by atoms with Crippen LogP contribution in [0.15, 0.2) is 33.5 Å². The maximum atomic E-state index is 12.4. The molecule has 0 aliphatic heterocycles. The SMILES string of the molecule is C=NC(=O)N(CCC[NH+](CC)CC)SCC=NC1=CC(C)CC(C)C=C1N(C)CCCCCCCCCCCCCCCC.CC. The Morgan fingerprint density at radius 2 is 1.37 bits per heavy atom. The van der Waals surface area contributed by atoms with E-state index in [0.29, 0.717) is 24.1 Å². The molecule has 0 bridgehead atoms. The monoisotopic (exact) mass is 663 g/mol. The lowest BCUT2D eigenvalue weighted by Crippen LogP contribution is -3.11. The van der Waals surface area contributed by atoms with Gasteiger partial charge in [0.25, 0.3) is 0 Å². The van der Waals surface area contributed by atoms with Gasteiger partial charge < -0.3 is 9.80 Å². The number of allylic oxidation sites excluding steroid dienone is 2. The van der Waals surface area contributed by atoms with Crippen molar-refractivity contribution in [3.05, 3.63) is 23.5 Å². The minimum Gasteiger partial charge on any atom is -0.373 e. The quantitative estimate of drug-likeness (QED) is 0.0570. The minimum atomic E-state index is -0.262. The molecule has 46 heavy (non-hydrogen) atoms. The van der Waals surface area contributed by atoms with Gasteiger partial charge in [0.1, 0.15) is 0 Å². The predicted octanol–water partition coefficient (Wildman–Crippen LogP) is 10.0. The normalized spacial score (nSPS) is 16.5. The van der Waals surface area contributed by atoms with Crippen LogP contribution in [0.5, 0.6) is 0 Å². The fourth-order valence-electron chi connectivity index (χ4n) is 6.16. The van der Waals surface area contributed by atoms with Gasteiger partial charge in [-0.3, -0.25) is 9.30 Å². The second-order valence-electron chi connectivity index (χ2n) is 13.0. The van der Waals surface area contributed by atoms with Crippen molar-refractivity contribution in [2.24, 2.45) is 21.8 Å². The number of hydrogen-bond donors (Lipinski definition) is 1. The van der Waals surface area contributed by atoms with Crippen molar-refractivity contribution < 1.29 is 9.69 Å². The summed E-state index contributed by atoms with van der Waals surface area (Å²) < 4.78 is 1.74. The first-order valence-corrected chi connectivity index (χ1v) is 20.2. The van der Waals surface area contributed by atoms with E-state index in [0.717, 1.165) is 44.7 Å². The zero-order valence-electron chi connectivity index (χ0n) is 31.8. The second kappa shape index (κ2) is 30.7. The molecule has 1 N–H and O–H groups in total. The number of quaternary nitrogens is 1. The molecule has 0 heterocycles. The Kier molecular flexibility index (Phi) is 29.6. The van der Waals surface area contributed by atoms with Crippen molar-refractivity contribution in [1.82, 2.24) is 9.21 Å². The number of nitrogens with zero attached hydrogens (tertiary/aromatic N) is 4. The Hall–Kier alpha value is -1.60. The number of carbonyl (C=O) groups excluding carboxylic acids is 1. The van der Waals surface area contributed by atoms with Crippen molar-refractivity contribution in [3.63, 3.8) is 0 Å². The predicted molar refractivity (Wildman–Crippen MR) is 208 cm³/mol. The molecule has 0 fully saturated rings. The number of hydrogen-bond acceptors (Lipinski definition) is 4. The first-order valence-electron chi connectivity index (χ1n) is 19.3. The Morgan fingerprint density at radius 3 is 1.89 bits per heavy atom. The van der Waals surface area contributed by atoms with E-state index in [2.05, 4.69) is 70.4 Å². The smallest absolute Gasteiger partial charge is 0.352 e. The molecule has 6 nitrogen and oxygen atoms in total. The molecule has 268 valence electrons. The number of urea groups is 1. The van der Waals surface area contributed by atoms with E-state index in [1.807, 2.05) is 20.1 Å². The lowest BCUT2D eigenvalue weighted by molar-refractivity contribution is -0.896. The Bertz CT molecular complexity index is 838. The van der Waals surface area contributed by atoms with Crippen LogP contribution in [-0.2, 0) is 0 Å². The first-order chi connectivity index (χ1) is 22.4. The molecule has 1 aliphatic rings. The molecular weight excluding hydrogens is 587 g/mol. The maximum Gasteiger partial charge on any atom is 0.352 e. The van der Waals surface area contributed by atoms with Gasteiger partial charge in [-0.25, -0.2) is 9.79 Å². The summed E-state index contributed by atoms with van der Waals surface area (Å²) in [5, 5.41) is 0. The number of amides is 2. The summed E-state index contributed by atoms with van der Waals surface area (Å²) in [5.41, 5.74) is 2.32. The van der Waals surface area contributed by atoms with E-state index in [4.69, 9.17) is 4.99 Å². The highest BCUT2D eigenvalue weighted by atomic mass is 32.2. The summed E-state index contributed by atoms with van der Waals surface area (Å²) in [4.78, 5) is 25.0. The van der Waals surface area contributed by atoms with E-state index in [1.54, 1.807) is 9.21 Å². The number of likely N-dealkylation sites (N-methyl/N-ethyl adjacent to an activating group) is 1. The Labute approximate surface area is 291 Å². The molecular formula is C39H76N5OS+. The van der Waals surface area contributed by atoms with Crippen LogP contribution >= 0.6 is 11.9 Å². The van der Waals surface area contributed by atoms with E-state index in [-0.39, 0.29) is 6.03 Å². The highest BCUT2D eigenvalue weighted by molar-refractivity contribution is 7.98. The zero-order chi connectivity index (χ0) is 34.4. The maximum absolute atomic E-state index is 12.4. The largest absolute Gasteiger partial charge is 0.373 e. The van der Waals surface area contributed by atoms with Gasteiger partial charge in [0.05, 0.1) is 31.0 Å². The van der Waals surface area contributed by atoms with Gasteiger partial charge in [0, 0.05) is 38.5 Å². The molecule has 2 atom stereocenters. The van der Waals surface area contributed by atoms with E-state index in [9.17, 15) is 4.79 Å². The molecule has 1 aliphatic carbocycles. The lowest BCUT2D eigenvalue weighted by Gasteiger charge is -2.24. The number of rotatable bonds is 26. The zero-order valence-corrected chi connectivity index (χ0v) is 32.6. The third-order valence-electron chi connectivity index (χ3n) is 8.92. The first kappa shape index (κ1) is 44.4. The summed E-state index contributed by atoms with van der Waals surface area (Å²) in [6.07, 6.45) is 28.2. The molecule has 1 rings (SSSR count). The van der Waals surface area contributed by atoms with Gasteiger partial charge in [-0.2, -0.15) is 0 Å². The standard InChI is InChI=1S/C37H69N5OS.C2H6/c1-8-11-12-13-14-15-16-17-18-19-20-21-22-23-26-40(7)36-32-34(5)30-33(4)31-35(36)39-25-29-44-42(37(43)38-6)28-24-27-41(9-2)10-3;1-2/h25,31-34H,6,8-24,26-30H2,1-5,7H3;1-2H3/p+1. The van der Waals surface area contributed by atoms with Crippen molar-refractivity contribution >= 4 is 30.9 Å². The Morgan fingerprint density at radius 1 is 0.848 bits per heavy atom. The Balaban J connectivity index is 0.00000991. The molecule has 0 radical (unpaired) electrons. The van der Waals surface area contributed by atoms with Crippen LogP contribution in [-0.4, -0.2) is 73.7 Å². The van der Waals surface area contributed by atoms with Gasteiger partial charge >= 0.3 is 6.03 Å². The van der Waals surface area contributed by atoms with Crippen LogP contribution in [0.25, 0.3) is 0 Å². The highest BCUT2D eigenvalue weighted by Crippen LogP contribution is 2.28. The third kappa shape index (κ3) is 22.1. The molecule has 2 unspecified atom stereocenters. The topological polar surface area (TPSA) is 52.7 Å². The van der Waals surface area contributed by atoms with Gasteiger partial charge in [0.2, 0.25) is 0 Å². The van der Waals surface area contributed by atoms with Crippen molar-refractivity contribution in [1.29, 1.82) is 0 Å². The lowest BCUT2D eigenvalue weighted by atomic mass is 9.99. The van der Waals surface area contributed by atoms with Gasteiger partial charge in [-0.05, 0) is 57.2 Å². The molecule has 0 saturated carbocycles. The van der Waals surface area contributed by atoms with E-state index in [1.165, 1.54) is 108 Å². The van der Waals surface area contributed by atoms with Crippen LogP contribution in [0, 0.1) is 11.8 Å². The summed E-state index contributed by atoms with van der Waals surface area (Å²) in [5.74, 6) is 1.65. The summed E-state index contributed by atoms with van der Waals surface area (Å²) >= 11 is 1.49. The fraction of sp³-hybridized carbons (Fsp3) is 0.821.